The third-order valence-electron chi connectivity index (χ3n) is 3.83. The fourth-order valence-electron chi connectivity index (χ4n) is 2.50. The first-order valence-corrected chi connectivity index (χ1v) is 7.19. The molecule has 1 unspecified atom stereocenters. The minimum absolute atomic E-state index is 0.00885. The quantitative estimate of drug-likeness (QED) is 0.659. The third-order valence-corrected chi connectivity index (χ3v) is 4.18. The molecule has 0 aliphatic rings. The zero-order chi connectivity index (χ0) is 15.6. The topological polar surface area (TPSA) is 55.9 Å². The SMILES string of the molecule is Cc1nn(C)c(C)c1CC(Cc1ccc(F)cc1Cl)NN. The highest BCUT2D eigenvalue weighted by Crippen LogP contribution is 2.21. The van der Waals surface area contributed by atoms with Crippen molar-refractivity contribution >= 4 is 11.6 Å². The summed E-state index contributed by atoms with van der Waals surface area (Å²) in [6, 6.07) is 4.44. The molecule has 3 N–H and O–H groups in total. The molecule has 2 aromatic rings. The molecule has 0 aliphatic carbocycles. The van der Waals surface area contributed by atoms with Gasteiger partial charge in [0, 0.05) is 23.8 Å². The molecular formula is C15H20ClFN4. The number of aryl methyl sites for hydroxylation is 2. The Morgan fingerprint density at radius 2 is 2.10 bits per heavy atom. The molecule has 114 valence electrons. The van der Waals surface area contributed by atoms with Gasteiger partial charge in [0.1, 0.15) is 5.82 Å². The monoisotopic (exact) mass is 310 g/mol. The molecule has 0 fully saturated rings. The van der Waals surface area contributed by atoms with Crippen molar-refractivity contribution in [1.82, 2.24) is 15.2 Å². The summed E-state index contributed by atoms with van der Waals surface area (Å²) in [7, 11) is 1.92. The predicted octanol–water partition coefficient (Wildman–Crippen LogP) is 2.45. The standard InChI is InChI=1S/C15H20ClFN4/c1-9-14(10(2)21(3)20-9)8-13(19-18)6-11-4-5-12(17)7-15(11)16/h4-5,7,13,19H,6,8,18H2,1-3H3. The zero-order valence-electron chi connectivity index (χ0n) is 12.5. The molecular weight excluding hydrogens is 291 g/mol. The van der Waals surface area contributed by atoms with Gasteiger partial charge < -0.3 is 0 Å². The van der Waals surface area contributed by atoms with Gasteiger partial charge >= 0.3 is 0 Å². The zero-order valence-corrected chi connectivity index (χ0v) is 13.2. The van der Waals surface area contributed by atoms with Gasteiger partial charge in [-0.05, 0) is 49.9 Å². The molecule has 1 atom stereocenters. The number of aromatic nitrogens is 2. The van der Waals surface area contributed by atoms with Gasteiger partial charge in [-0.3, -0.25) is 16.0 Å². The number of nitrogens with two attached hydrogens (primary N) is 1. The van der Waals surface area contributed by atoms with E-state index in [1.165, 1.54) is 17.7 Å². The fourth-order valence-corrected chi connectivity index (χ4v) is 2.75. The lowest BCUT2D eigenvalue weighted by Gasteiger charge is -2.17. The number of nitrogens with zero attached hydrogens (tertiary/aromatic N) is 2. The number of halogens is 2. The van der Waals surface area contributed by atoms with Crippen LogP contribution in [-0.2, 0) is 19.9 Å². The van der Waals surface area contributed by atoms with Crippen LogP contribution < -0.4 is 11.3 Å². The van der Waals surface area contributed by atoms with E-state index >= 15 is 0 Å². The van der Waals surface area contributed by atoms with Gasteiger partial charge in [-0.1, -0.05) is 17.7 Å². The van der Waals surface area contributed by atoms with Crippen LogP contribution in [0.1, 0.15) is 22.5 Å². The van der Waals surface area contributed by atoms with Crippen LogP contribution in [0, 0.1) is 19.7 Å². The summed E-state index contributed by atoms with van der Waals surface area (Å²) in [5.41, 5.74) is 6.99. The summed E-state index contributed by atoms with van der Waals surface area (Å²) >= 11 is 6.08. The smallest absolute Gasteiger partial charge is 0.124 e. The summed E-state index contributed by atoms with van der Waals surface area (Å²) in [6.45, 7) is 4.02. The lowest BCUT2D eigenvalue weighted by Crippen LogP contribution is -2.38. The minimum atomic E-state index is -0.333. The Morgan fingerprint density at radius 3 is 2.62 bits per heavy atom. The van der Waals surface area contributed by atoms with E-state index in [1.54, 1.807) is 6.07 Å². The number of hydrazine groups is 1. The van der Waals surface area contributed by atoms with Crippen molar-refractivity contribution in [2.75, 3.05) is 0 Å². The number of hydrogen-bond acceptors (Lipinski definition) is 3. The second-order valence-electron chi connectivity index (χ2n) is 5.28. The van der Waals surface area contributed by atoms with Gasteiger partial charge in [0.05, 0.1) is 5.69 Å². The summed E-state index contributed by atoms with van der Waals surface area (Å²) in [6.07, 6.45) is 1.37. The first-order chi connectivity index (χ1) is 9.92. The Bertz CT molecular complexity index is 639. The van der Waals surface area contributed by atoms with Gasteiger partial charge in [0.15, 0.2) is 0 Å². The minimum Gasteiger partial charge on any atom is -0.272 e. The van der Waals surface area contributed by atoms with Crippen molar-refractivity contribution in [3.63, 3.8) is 0 Å². The number of rotatable bonds is 5. The Kier molecular flexibility index (Phi) is 4.98. The summed E-state index contributed by atoms with van der Waals surface area (Å²) < 4.78 is 15.0. The van der Waals surface area contributed by atoms with E-state index in [2.05, 4.69) is 10.5 Å². The molecule has 1 heterocycles. The molecule has 6 heteroatoms. The average Bonchev–Trinajstić information content (AvgIpc) is 2.67. The van der Waals surface area contributed by atoms with Crippen molar-refractivity contribution < 1.29 is 4.39 Å². The van der Waals surface area contributed by atoms with Crippen LogP contribution in [0.2, 0.25) is 5.02 Å². The first kappa shape index (κ1) is 15.9. The van der Waals surface area contributed by atoms with Gasteiger partial charge in [0.2, 0.25) is 0 Å². The molecule has 21 heavy (non-hydrogen) atoms. The van der Waals surface area contributed by atoms with Crippen molar-refractivity contribution in [2.24, 2.45) is 12.9 Å². The van der Waals surface area contributed by atoms with Gasteiger partial charge in [-0.25, -0.2) is 4.39 Å². The van der Waals surface area contributed by atoms with Crippen LogP contribution in [0.15, 0.2) is 18.2 Å². The molecule has 4 nitrogen and oxygen atoms in total. The molecule has 0 spiro atoms. The van der Waals surface area contributed by atoms with E-state index in [1.807, 2.05) is 25.6 Å². The van der Waals surface area contributed by atoms with E-state index < -0.39 is 0 Å². The van der Waals surface area contributed by atoms with E-state index in [9.17, 15) is 4.39 Å². The van der Waals surface area contributed by atoms with Crippen molar-refractivity contribution in [1.29, 1.82) is 0 Å². The normalized spacial score (nSPS) is 12.7. The molecule has 2 rings (SSSR count). The van der Waals surface area contributed by atoms with E-state index in [4.69, 9.17) is 17.4 Å². The molecule has 0 saturated carbocycles. The molecule has 0 bridgehead atoms. The van der Waals surface area contributed by atoms with Crippen LogP contribution in [0.4, 0.5) is 4.39 Å². The molecule has 0 radical (unpaired) electrons. The maximum atomic E-state index is 13.1. The lowest BCUT2D eigenvalue weighted by atomic mass is 9.98. The van der Waals surface area contributed by atoms with Gasteiger partial charge in [-0.2, -0.15) is 5.10 Å². The molecule has 1 aromatic carbocycles. The largest absolute Gasteiger partial charge is 0.272 e. The van der Waals surface area contributed by atoms with Gasteiger partial charge in [-0.15, -0.1) is 0 Å². The molecule has 0 amide bonds. The Labute approximate surface area is 129 Å². The second kappa shape index (κ2) is 6.56. The highest BCUT2D eigenvalue weighted by atomic mass is 35.5. The fraction of sp³-hybridized carbons (Fsp3) is 0.400. The van der Waals surface area contributed by atoms with E-state index in [0.29, 0.717) is 11.4 Å². The van der Waals surface area contributed by atoms with Crippen molar-refractivity contribution in [3.8, 4) is 0 Å². The Hall–Kier alpha value is -1.43. The van der Waals surface area contributed by atoms with Crippen molar-refractivity contribution in [2.45, 2.75) is 32.7 Å². The van der Waals surface area contributed by atoms with Crippen LogP contribution in [-0.4, -0.2) is 15.8 Å². The van der Waals surface area contributed by atoms with E-state index in [0.717, 1.165) is 23.4 Å². The highest BCUT2D eigenvalue weighted by Gasteiger charge is 2.17. The number of hydrogen-bond donors (Lipinski definition) is 2. The third kappa shape index (κ3) is 3.61. The molecule has 0 aliphatic heterocycles. The number of benzene rings is 1. The second-order valence-corrected chi connectivity index (χ2v) is 5.69. The highest BCUT2D eigenvalue weighted by molar-refractivity contribution is 6.31. The Balaban J connectivity index is 2.17. The summed E-state index contributed by atoms with van der Waals surface area (Å²) in [5.74, 6) is 5.33. The summed E-state index contributed by atoms with van der Waals surface area (Å²) in [4.78, 5) is 0. The van der Waals surface area contributed by atoms with Crippen molar-refractivity contribution in [3.05, 3.63) is 51.6 Å². The van der Waals surface area contributed by atoms with Crippen LogP contribution in [0.25, 0.3) is 0 Å². The van der Waals surface area contributed by atoms with Crippen LogP contribution in [0.5, 0.6) is 0 Å². The number of nitrogens with one attached hydrogen (secondary N) is 1. The van der Waals surface area contributed by atoms with Gasteiger partial charge in [0.25, 0.3) is 0 Å². The maximum Gasteiger partial charge on any atom is 0.124 e. The molecule has 0 saturated heterocycles. The summed E-state index contributed by atoms with van der Waals surface area (Å²) in [5, 5.41) is 4.83. The predicted molar refractivity (Wildman–Crippen MR) is 82.6 cm³/mol. The lowest BCUT2D eigenvalue weighted by molar-refractivity contribution is 0.519. The van der Waals surface area contributed by atoms with E-state index in [-0.39, 0.29) is 11.9 Å². The van der Waals surface area contributed by atoms with Crippen LogP contribution >= 0.6 is 11.6 Å². The first-order valence-electron chi connectivity index (χ1n) is 6.81. The Morgan fingerprint density at radius 1 is 1.38 bits per heavy atom. The average molecular weight is 311 g/mol. The molecule has 1 aromatic heterocycles. The van der Waals surface area contributed by atoms with Crippen LogP contribution in [0.3, 0.4) is 0 Å². The maximum absolute atomic E-state index is 13.1.